The molecule has 0 radical (unpaired) electrons. The van der Waals surface area contributed by atoms with E-state index in [-0.39, 0.29) is 0 Å². The van der Waals surface area contributed by atoms with Crippen molar-refractivity contribution in [3.63, 3.8) is 0 Å². The highest BCUT2D eigenvalue weighted by atomic mass is 79.9. The number of nitrogens with zero attached hydrogens (tertiary/aromatic N) is 1. The minimum absolute atomic E-state index is 0.905. The Hall–Kier alpha value is 0.0300. The van der Waals surface area contributed by atoms with E-state index < -0.39 is 0 Å². The quantitative estimate of drug-likeness (QED) is 0.556. The lowest BCUT2D eigenvalue weighted by atomic mass is 10.1. The molecule has 0 aliphatic carbocycles. The predicted octanol–water partition coefficient (Wildman–Crippen LogP) is 5.97. The Labute approximate surface area is 133 Å². The second-order valence-electron chi connectivity index (χ2n) is 4.09. The van der Waals surface area contributed by atoms with Crippen LogP contribution in [0.1, 0.15) is 23.1 Å². The first-order valence-electron chi connectivity index (χ1n) is 5.63. The standard InChI is InChI=1S/C13H13Br2NS2/c1-4-9-5-10(14)6-11(15)12(9)16-7(2)8(3)18-13(16)17/h5-6H,4H2,1-3H3. The molecule has 0 fully saturated rings. The van der Waals surface area contributed by atoms with Gasteiger partial charge in [-0.05, 0) is 66.1 Å². The molecule has 96 valence electrons. The molecular weight excluding hydrogens is 394 g/mol. The average Bonchev–Trinajstić information content (AvgIpc) is 2.54. The summed E-state index contributed by atoms with van der Waals surface area (Å²) in [5.74, 6) is 0. The van der Waals surface area contributed by atoms with Gasteiger partial charge < -0.3 is 0 Å². The molecular formula is C13H13Br2NS2. The Bertz CT molecular complexity index is 656. The van der Waals surface area contributed by atoms with Crippen molar-refractivity contribution in [2.24, 2.45) is 0 Å². The fraction of sp³-hybridized carbons (Fsp3) is 0.308. The lowest BCUT2D eigenvalue weighted by Crippen LogP contribution is -2.03. The van der Waals surface area contributed by atoms with Gasteiger partial charge >= 0.3 is 0 Å². The fourth-order valence-electron chi connectivity index (χ4n) is 1.94. The molecule has 2 rings (SSSR count). The van der Waals surface area contributed by atoms with Gasteiger partial charge in [-0.2, -0.15) is 0 Å². The van der Waals surface area contributed by atoms with Crippen LogP contribution in [0, 0.1) is 17.8 Å². The third kappa shape index (κ3) is 2.50. The average molecular weight is 407 g/mol. The number of thiazole rings is 1. The summed E-state index contributed by atoms with van der Waals surface area (Å²) in [5, 5.41) is 0. The van der Waals surface area contributed by atoms with E-state index in [4.69, 9.17) is 12.2 Å². The maximum atomic E-state index is 5.49. The van der Waals surface area contributed by atoms with Crippen LogP contribution in [0.25, 0.3) is 5.69 Å². The second-order valence-corrected chi connectivity index (χ2v) is 7.71. The van der Waals surface area contributed by atoms with Crippen molar-refractivity contribution in [2.45, 2.75) is 27.2 Å². The maximum absolute atomic E-state index is 5.49. The normalized spacial score (nSPS) is 10.9. The Kier molecular flexibility index (Phi) is 4.47. The molecule has 1 aromatic heterocycles. The van der Waals surface area contributed by atoms with Gasteiger partial charge in [0.15, 0.2) is 3.95 Å². The van der Waals surface area contributed by atoms with Crippen LogP contribution in [0.4, 0.5) is 0 Å². The molecule has 0 bridgehead atoms. The first-order valence-corrected chi connectivity index (χ1v) is 8.44. The molecule has 0 amide bonds. The molecule has 1 nitrogen and oxygen atoms in total. The van der Waals surface area contributed by atoms with Crippen LogP contribution < -0.4 is 0 Å². The zero-order valence-corrected chi connectivity index (χ0v) is 15.2. The van der Waals surface area contributed by atoms with Gasteiger partial charge in [0.25, 0.3) is 0 Å². The minimum atomic E-state index is 0.905. The summed E-state index contributed by atoms with van der Waals surface area (Å²) in [6.45, 7) is 6.40. The summed E-state index contributed by atoms with van der Waals surface area (Å²) in [5.41, 5.74) is 3.68. The van der Waals surface area contributed by atoms with Crippen LogP contribution in [0.3, 0.4) is 0 Å². The van der Waals surface area contributed by atoms with Crippen LogP contribution in [0.2, 0.25) is 0 Å². The molecule has 0 unspecified atom stereocenters. The van der Waals surface area contributed by atoms with E-state index in [1.807, 2.05) is 0 Å². The first-order chi connectivity index (χ1) is 8.45. The molecule has 18 heavy (non-hydrogen) atoms. The highest BCUT2D eigenvalue weighted by Crippen LogP contribution is 2.33. The predicted molar refractivity (Wildman–Crippen MR) is 88.7 cm³/mol. The second kappa shape index (κ2) is 5.57. The highest BCUT2D eigenvalue weighted by molar-refractivity contribution is 9.11. The van der Waals surface area contributed by atoms with E-state index >= 15 is 0 Å². The van der Waals surface area contributed by atoms with Crippen molar-refractivity contribution >= 4 is 55.4 Å². The molecule has 2 aromatic rings. The third-order valence-corrected chi connectivity index (χ3v) is 5.43. The lowest BCUT2D eigenvalue weighted by Gasteiger charge is -2.14. The van der Waals surface area contributed by atoms with Crippen LogP contribution in [-0.2, 0) is 6.42 Å². The summed E-state index contributed by atoms with van der Waals surface area (Å²) < 4.78 is 5.24. The Morgan fingerprint density at radius 3 is 2.44 bits per heavy atom. The summed E-state index contributed by atoms with van der Waals surface area (Å²) in [7, 11) is 0. The molecule has 0 N–H and O–H groups in total. The maximum Gasteiger partial charge on any atom is 0.166 e. The zero-order chi connectivity index (χ0) is 13.4. The molecule has 0 aliphatic heterocycles. The van der Waals surface area contributed by atoms with E-state index in [1.165, 1.54) is 21.8 Å². The number of aryl methyl sites for hydroxylation is 2. The first kappa shape index (κ1) is 14.4. The SMILES string of the molecule is CCc1cc(Br)cc(Br)c1-n1c(C)c(C)sc1=S. The molecule has 0 saturated heterocycles. The molecule has 0 saturated carbocycles. The van der Waals surface area contributed by atoms with Crippen molar-refractivity contribution in [2.75, 3.05) is 0 Å². The summed E-state index contributed by atoms with van der Waals surface area (Å²) >= 11 is 14.4. The Morgan fingerprint density at radius 2 is 1.94 bits per heavy atom. The minimum Gasteiger partial charge on any atom is -0.294 e. The largest absolute Gasteiger partial charge is 0.294 e. The van der Waals surface area contributed by atoms with Gasteiger partial charge in [0.1, 0.15) is 0 Å². The number of halogens is 2. The number of hydrogen-bond donors (Lipinski definition) is 0. The van der Waals surface area contributed by atoms with Crippen molar-refractivity contribution in [3.05, 3.63) is 41.2 Å². The van der Waals surface area contributed by atoms with Gasteiger partial charge in [0, 0.05) is 19.5 Å². The molecule has 0 spiro atoms. The van der Waals surface area contributed by atoms with Crippen molar-refractivity contribution in [1.29, 1.82) is 0 Å². The number of hydrogen-bond acceptors (Lipinski definition) is 2. The molecule has 1 heterocycles. The van der Waals surface area contributed by atoms with Gasteiger partial charge in [-0.1, -0.05) is 22.9 Å². The van der Waals surface area contributed by atoms with E-state index in [0.29, 0.717) is 0 Å². The summed E-state index contributed by atoms with van der Waals surface area (Å²) in [6.07, 6.45) is 0.976. The van der Waals surface area contributed by atoms with Crippen molar-refractivity contribution in [3.8, 4) is 5.69 Å². The van der Waals surface area contributed by atoms with Crippen molar-refractivity contribution in [1.82, 2.24) is 4.57 Å². The lowest BCUT2D eigenvalue weighted by molar-refractivity contribution is 0.953. The van der Waals surface area contributed by atoms with Crippen molar-refractivity contribution < 1.29 is 0 Å². The highest BCUT2D eigenvalue weighted by Gasteiger charge is 2.14. The van der Waals surface area contributed by atoms with Crippen LogP contribution in [0.5, 0.6) is 0 Å². The van der Waals surface area contributed by atoms with Gasteiger partial charge in [0.2, 0.25) is 0 Å². The van der Waals surface area contributed by atoms with Crippen LogP contribution in [0.15, 0.2) is 21.1 Å². The topological polar surface area (TPSA) is 4.93 Å². The molecule has 1 aromatic carbocycles. The van der Waals surface area contributed by atoms with Gasteiger partial charge in [0.05, 0.1) is 5.69 Å². The molecule has 5 heteroatoms. The fourth-order valence-corrected chi connectivity index (χ4v) is 4.86. The Morgan fingerprint density at radius 1 is 1.28 bits per heavy atom. The van der Waals surface area contributed by atoms with E-state index in [1.54, 1.807) is 11.3 Å². The van der Waals surface area contributed by atoms with E-state index in [2.05, 4.69) is 69.3 Å². The summed E-state index contributed by atoms with van der Waals surface area (Å²) in [6, 6.07) is 4.23. The summed E-state index contributed by atoms with van der Waals surface area (Å²) in [4.78, 5) is 1.27. The smallest absolute Gasteiger partial charge is 0.166 e. The molecule has 0 atom stereocenters. The number of rotatable bonds is 2. The van der Waals surface area contributed by atoms with E-state index in [0.717, 1.165) is 19.3 Å². The zero-order valence-electron chi connectivity index (χ0n) is 10.4. The van der Waals surface area contributed by atoms with Crippen LogP contribution in [-0.4, -0.2) is 4.57 Å². The van der Waals surface area contributed by atoms with Gasteiger partial charge in [-0.15, -0.1) is 11.3 Å². The molecule has 0 aliphatic rings. The van der Waals surface area contributed by atoms with E-state index in [9.17, 15) is 0 Å². The Balaban J connectivity index is 2.82. The van der Waals surface area contributed by atoms with Gasteiger partial charge in [-0.25, -0.2) is 0 Å². The van der Waals surface area contributed by atoms with Crippen LogP contribution >= 0.6 is 55.4 Å². The third-order valence-electron chi connectivity index (χ3n) is 2.98. The number of aromatic nitrogens is 1. The monoisotopic (exact) mass is 405 g/mol. The van der Waals surface area contributed by atoms with Gasteiger partial charge in [-0.3, -0.25) is 4.57 Å². The number of benzene rings is 1.